The number of carbonyl (C=O) groups is 1. The lowest BCUT2D eigenvalue weighted by Gasteiger charge is -2.21. The van der Waals surface area contributed by atoms with Crippen molar-refractivity contribution in [3.05, 3.63) is 12.2 Å². The van der Waals surface area contributed by atoms with Crippen LogP contribution >= 0.6 is 0 Å². The van der Waals surface area contributed by atoms with Gasteiger partial charge in [0.2, 0.25) is 12.3 Å². The molecule has 1 aromatic heterocycles. The number of likely N-dealkylation sites (tertiary alicyclic amines) is 1. The Morgan fingerprint density at radius 1 is 1.71 bits per heavy atom. The summed E-state index contributed by atoms with van der Waals surface area (Å²) in [6, 6.07) is 0.126. The molecule has 1 aliphatic rings. The molecule has 1 saturated heterocycles. The van der Waals surface area contributed by atoms with Crippen LogP contribution < -0.4 is 5.73 Å². The maximum atomic E-state index is 11.5. The van der Waals surface area contributed by atoms with Gasteiger partial charge in [0.05, 0.1) is 6.54 Å². The van der Waals surface area contributed by atoms with Crippen molar-refractivity contribution in [2.24, 2.45) is 5.73 Å². The van der Waals surface area contributed by atoms with E-state index in [2.05, 4.69) is 14.7 Å². The highest BCUT2D eigenvalue weighted by Gasteiger charge is 2.30. The Balaban J connectivity index is 2.05. The van der Waals surface area contributed by atoms with Crippen molar-refractivity contribution in [3.8, 4) is 0 Å². The predicted octanol–water partition coefficient (Wildman–Crippen LogP) is -0.481. The first-order valence-electron chi connectivity index (χ1n) is 4.56. The third kappa shape index (κ3) is 1.60. The van der Waals surface area contributed by atoms with E-state index < -0.39 is 0 Å². The minimum absolute atomic E-state index is 0.116. The van der Waals surface area contributed by atoms with Crippen molar-refractivity contribution >= 4 is 5.91 Å². The third-order valence-electron chi connectivity index (χ3n) is 2.44. The van der Waals surface area contributed by atoms with E-state index in [1.807, 2.05) is 0 Å². The number of carbonyl (C=O) groups excluding carboxylic acids is 1. The SMILES string of the molecule is NCC1CCC(=O)N1Cc1ncon1. The maximum Gasteiger partial charge on any atom is 0.223 e. The number of aromatic nitrogens is 2. The molecule has 76 valence electrons. The minimum atomic E-state index is 0.116. The second-order valence-corrected chi connectivity index (χ2v) is 3.30. The zero-order valence-electron chi connectivity index (χ0n) is 7.72. The van der Waals surface area contributed by atoms with Gasteiger partial charge in [-0.2, -0.15) is 4.98 Å². The third-order valence-corrected chi connectivity index (χ3v) is 2.44. The van der Waals surface area contributed by atoms with Crippen molar-refractivity contribution in [2.75, 3.05) is 6.54 Å². The summed E-state index contributed by atoms with van der Waals surface area (Å²) >= 11 is 0. The first kappa shape index (κ1) is 9.14. The molecule has 0 aliphatic carbocycles. The molecule has 1 fully saturated rings. The van der Waals surface area contributed by atoms with Crippen molar-refractivity contribution in [2.45, 2.75) is 25.4 Å². The lowest BCUT2D eigenvalue weighted by molar-refractivity contribution is -0.129. The predicted molar refractivity (Wildman–Crippen MR) is 46.9 cm³/mol. The first-order valence-corrected chi connectivity index (χ1v) is 4.56. The zero-order chi connectivity index (χ0) is 9.97. The van der Waals surface area contributed by atoms with Crippen molar-refractivity contribution < 1.29 is 9.32 Å². The highest BCUT2D eigenvalue weighted by Crippen LogP contribution is 2.19. The fraction of sp³-hybridized carbons (Fsp3) is 0.625. The average Bonchev–Trinajstić information content (AvgIpc) is 2.79. The van der Waals surface area contributed by atoms with E-state index in [1.165, 1.54) is 6.39 Å². The molecule has 6 heteroatoms. The van der Waals surface area contributed by atoms with Crippen LogP contribution in [0.4, 0.5) is 0 Å². The van der Waals surface area contributed by atoms with Gasteiger partial charge < -0.3 is 15.2 Å². The molecule has 14 heavy (non-hydrogen) atoms. The van der Waals surface area contributed by atoms with Crippen LogP contribution in [0, 0.1) is 0 Å². The Labute approximate surface area is 81.1 Å². The van der Waals surface area contributed by atoms with Crippen LogP contribution in [-0.4, -0.2) is 33.5 Å². The molecular formula is C8H12N4O2. The van der Waals surface area contributed by atoms with E-state index in [-0.39, 0.29) is 11.9 Å². The molecule has 1 unspecified atom stereocenters. The quantitative estimate of drug-likeness (QED) is 0.705. The van der Waals surface area contributed by atoms with Crippen molar-refractivity contribution in [3.63, 3.8) is 0 Å². The maximum absolute atomic E-state index is 11.5. The molecule has 1 atom stereocenters. The van der Waals surface area contributed by atoms with Gasteiger partial charge in [0.25, 0.3) is 0 Å². The molecule has 2 rings (SSSR count). The normalized spacial score (nSPS) is 21.9. The van der Waals surface area contributed by atoms with Gasteiger partial charge in [0.1, 0.15) is 0 Å². The van der Waals surface area contributed by atoms with Crippen LogP contribution in [0.3, 0.4) is 0 Å². The summed E-state index contributed by atoms with van der Waals surface area (Å²) < 4.78 is 4.60. The summed E-state index contributed by atoms with van der Waals surface area (Å²) in [5, 5.41) is 3.66. The fourth-order valence-electron chi connectivity index (χ4n) is 1.67. The molecule has 0 spiro atoms. The summed E-state index contributed by atoms with van der Waals surface area (Å²) in [5.41, 5.74) is 5.56. The minimum Gasteiger partial charge on any atom is -0.343 e. The number of rotatable bonds is 3. The fourth-order valence-corrected chi connectivity index (χ4v) is 1.67. The van der Waals surface area contributed by atoms with Crippen molar-refractivity contribution in [1.82, 2.24) is 15.0 Å². The second kappa shape index (κ2) is 3.75. The lowest BCUT2D eigenvalue weighted by Crippen LogP contribution is -2.37. The van der Waals surface area contributed by atoms with Crippen molar-refractivity contribution in [1.29, 1.82) is 0 Å². The van der Waals surface area contributed by atoms with E-state index in [1.54, 1.807) is 4.90 Å². The van der Waals surface area contributed by atoms with E-state index >= 15 is 0 Å². The Morgan fingerprint density at radius 3 is 3.21 bits per heavy atom. The Kier molecular flexibility index (Phi) is 2.45. The number of nitrogens with zero attached hydrogens (tertiary/aromatic N) is 3. The summed E-state index contributed by atoms with van der Waals surface area (Å²) in [4.78, 5) is 17.0. The molecule has 1 aromatic rings. The van der Waals surface area contributed by atoms with E-state index in [0.29, 0.717) is 25.3 Å². The summed E-state index contributed by atoms with van der Waals surface area (Å²) in [5.74, 6) is 0.643. The lowest BCUT2D eigenvalue weighted by atomic mass is 10.2. The van der Waals surface area contributed by atoms with Crippen LogP contribution in [0.5, 0.6) is 0 Å². The molecule has 0 bridgehead atoms. The molecule has 0 aromatic carbocycles. The molecular weight excluding hydrogens is 184 g/mol. The van der Waals surface area contributed by atoms with E-state index in [9.17, 15) is 4.79 Å². The van der Waals surface area contributed by atoms with Gasteiger partial charge >= 0.3 is 0 Å². The van der Waals surface area contributed by atoms with Gasteiger partial charge in [-0.3, -0.25) is 4.79 Å². The van der Waals surface area contributed by atoms with Gasteiger partial charge in [0, 0.05) is 19.0 Å². The Morgan fingerprint density at radius 2 is 2.57 bits per heavy atom. The molecule has 2 N–H and O–H groups in total. The summed E-state index contributed by atoms with van der Waals surface area (Å²) in [7, 11) is 0. The van der Waals surface area contributed by atoms with Gasteiger partial charge in [0.15, 0.2) is 5.82 Å². The summed E-state index contributed by atoms with van der Waals surface area (Å²) in [6.45, 7) is 0.890. The number of hydrogen-bond acceptors (Lipinski definition) is 5. The van der Waals surface area contributed by atoms with Gasteiger partial charge in [-0.05, 0) is 6.42 Å². The van der Waals surface area contributed by atoms with Gasteiger partial charge in [-0.1, -0.05) is 5.16 Å². The van der Waals surface area contributed by atoms with Crippen LogP contribution in [0.1, 0.15) is 18.7 Å². The molecule has 6 nitrogen and oxygen atoms in total. The molecule has 1 aliphatic heterocycles. The van der Waals surface area contributed by atoms with Crippen LogP contribution in [-0.2, 0) is 11.3 Å². The largest absolute Gasteiger partial charge is 0.343 e. The molecule has 1 amide bonds. The van der Waals surface area contributed by atoms with E-state index in [0.717, 1.165) is 6.42 Å². The number of nitrogens with two attached hydrogens (primary N) is 1. The Hall–Kier alpha value is -1.43. The number of amides is 1. The zero-order valence-corrected chi connectivity index (χ0v) is 7.72. The van der Waals surface area contributed by atoms with Crippen LogP contribution in [0.15, 0.2) is 10.9 Å². The topological polar surface area (TPSA) is 85.3 Å². The van der Waals surface area contributed by atoms with Crippen LogP contribution in [0.25, 0.3) is 0 Å². The van der Waals surface area contributed by atoms with Gasteiger partial charge in [-0.25, -0.2) is 0 Å². The highest BCUT2D eigenvalue weighted by atomic mass is 16.5. The Bertz CT molecular complexity index is 311. The van der Waals surface area contributed by atoms with Crippen LogP contribution in [0.2, 0.25) is 0 Å². The highest BCUT2D eigenvalue weighted by molar-refractivity contribution is 5.78. The smallest absolute Gasteiger partial charge is 0.223 e. The average molecular weight is 196 g/mol. The van der Waals surface area contributed by atoms with Gasteiger partial charge in [-0.15, -0.1) is 0 Å². The summed E-state index contributed by atoms with van der Waals surface area (Å²) in [6.07, 6.45) is 2.65. The standard InChI is InChI=1S/C8H12N4O2/c9-3-6-1-2-8(13)12(6)4-7-10-5-14-11-7/h5-6H,1-4,9H2. The second-order valence-electron chi connectivity index (χ2n) is 3.30. The van der Waals surface area contributed by atoms with E-state index in [4.69, 9.17) is 5.73 Å². The molecule has 0 radical (unpaired) electrons. The molecule has 2 heterocycles. The monoisotopic (exact) mass is 196 g/mol. The number of hydrogen-bond donors (Lipinski definition) is 1. The first-order chi connectivity index (χ1) is 6.81. The molecule has 0 saturated carbocycles.